The molecule has 2 aliphatic heterocycles. The van der Waals surface area contributed by atoms with Gasteiger partial charge in [0.1, 0.15) is 5.76 Å². The zero-order valence-electron chi connectivity index (χ0n) is 9.85. The van der Waals surface area contributed by atoms with Crippen molar-refractivity contribution in [3.05, 3.63) is 30.3 Å². The smallest absolute Gasteiger partial charge is 0.152 e. The number of hydrogen-bond donors (Lipinski definition) is 0. The summed E-state index contributed by atoms with van der Waals surface area (Å²) in [5, 5.41) is 1.18. The summed E-state index contributed by atoms with van der Waals surface area (Å²) in [6, 6.07) is 4.26. The van der Waals surface area contributed by atoms with Gasteiger partial charge in [0.25, 0.3) is 0 Å². The van der Waals surface area contributed by atoms with Crippen molar-refractivity contribution < 1.29 is 4.42 Å². The number of hydrogen-bond acceptors (Lipinski definition) is 3. The molecule has 88 valence electrons. The van der Waals surface area contributed by atoms with Gasteiger partial charge in [-0.3, -0.25) is 9.88 Å². The molecule has 2 aromatic heterocycles. The lowest BCUT2D eigenvalue weighted by Gasteiger charge is -2.29. The molecule has 2 fully saturated rings. The van der Waals surface area contributed by atoms with Crippen LogP contribution in [0.3, 0.4) is 0 Å². The van der Waals surface area contributed by atoms with Crippen molar-refractivity contribution in [2.24, 2.45) is 0 Å². The lowest BCUT2D eigenvalue weighted by molar-refractivity contribution is 0.166. The Hall–Kier alpha value is -1.35. The molecular weight excluding hydrogens is 212 g/mol. The van der Waals surface area contributed by atoms with Crippen LogP contribution in [-0.2, 0) is 5.54 Å². The van der Waals surface area contributed by atoms with E-state index in [-0.39, 0.29) is 5.54 Å². The number of aromatic nitrogens is 1. The Kier molecular flexibility index (Phi) is 1.89. The Morgan fingerprint density at radius 2 is 2.06 bits per heavy atom. The lowest BCUT2D eigenvalue weighted by atomic mass is 9.91. The molecule has 0 radical (unpaired) electrons. The van der Waals surface area contributed by atoms with Crippen LogP contribution < -0.4 is 0 Å². The second-order valence-electron chi connectivity index (χ2n) is 5.25. The van der Waals surface area contributed by atoms with E-state index in [4.69, 9.17) is 4.42 Å². The lowest BCUT2D eigenvalue weighted by Crippen LogP contribution is -2.34. The summed E-state index contributed by atoms with van der Waals surface area (Å²) in [7, 11) is 0. The van der Waals surface area contributed by atoms with E-state index < -0.39 is 0 Å². The van der Waals surface area contributed by atoms with E-state index in [0.717, 1.165) is 11.3 Å². The van der Waals surface area contributed by atoms with Crippen molar-refractivity contribution in [1.29, 1.82) is 0 Å². The fourth-order valence-corrected chi connectivity index (χ4v) is 3.62. The fraction of sp³-hybridized carbons (Fsp3) is 0.500. The van der Waals surface area contributed by atoms with Gasteiger partial charge in [-0.1, -0.05) is 0 Å². The number of nitrogens with zero attached hydrogens (tertiary/aromatic N) is 2. The first-order chi connectivity index (χ1) is 8.38. The third-order valence-corrected chi connectivity index (χ3v) is 4.42. The van der Waals surface area contributed by atoms with E-state index in [9.17, 15) is 0 Å². The van der Waals surface area contributed by atoms with Gasteiger partial charge in [0, 0.05) is 11.6 Å². The minimum absolute atomic E-state index is 0.207. The van der Waals surface area contributed by atoms with Crippen LogP contribution in [0.1, 0.15) is 31.4 Å². The number of furan rings is 1. The fourth-order valence-electron chi connectivity index (χ4n) is 3.62. The van der Waals surface area contributed by atoms with Gasteiger partial charge in [-0.2, -0.15) is 0 Å². The molecule has 3 heteroatoms. The van der Waals surface area contributed by atoms with E-state index in [2.05, 4.69) is 16.0 Å². The minimum atomic E-state index is 0.207. The van der Waals surface area contributed by atoms with Gasteiger partial charge in [-0.05, 0) is 50.9 Å². The van der Waals surface area contributed by atoms with Crippen LogP contribution in [0, 0.1) is 0 Å². The van der Waals surface area contributed by atoms with E-state index in [1.807, 2.05) is 18.5 Å². The monoisotopic (exact) mass is 228 g/mol. The number of pyridine rings is 1. The van der Waals surface area contributed by atoms with E-state index in [1.54, 1.807) is 0 Å². The first-order valence-corrected chi connectivity index (χ1v) is 6.48. The van der Waals surface area contributed by atoms with Crippen LogP contribution >= 0.6 is 0 Å². The normalized spacial score (nSPS) is 23.3. The Bertz CT molecular complexity index is 517. The van der Waals surface area contributed by atoms with Crippen LogP contribution in [0.25, 0.3) is 11.0 Å². The molecule has 2 saturated heterocycles. The highest BCUT2D eigenvalue weighted by Crippen LogP contribution is 2.47. The Labute approximate surface area is 100 Å². The van der Waals surface area contributed by atoms with Crippen LogP contribution in [0.15, 0.2) is 28.9 Å². The Balaban J connectivity index is 1.88. The SMILES string of the molecule is c1cc2cc(C34CCCN3CCC4)oc2cn1. The van der Waals surface area contributed by atoms with Crippen molar-refractivity contribution in [3.63, 3.8) is 0 Å². The minimum Gasteiger partial charge on any atom is -0.457 e. The molecule has 0 unspecified atom stereocenters. The summed E-state index contributed by atoms with van der Waals surface area (Å²) < 4.78 is 6.05. The average Bonchev–Trinajstić information content (AvgIpc) is 3.01. The molecule has 0 spiro atoms. The quantitative estimate of drug-likeness (QED) is 0.751. The van der Waals surface area contributed by atoms with Gasteiger partial charge in [0.2, 0.25) is 0 Å². The second-order valence-corrected chi connectivity index (χ2v) is 5.25. The Morgan fingerprint density at radius 3 is 2.82 bits per heavy atom. The molecule has 0 N–H and O–H groups in total. The zero-order chi connectivity index (χ0) is 11.3. The maximum Gasteiger partial charge on any atom is 0.152 e. The van der Waals surface area contributed by atoms with E-state index in [0.29, 0.717) is 0 Å². The van der Waals surface area contributed by atoms with Gasteiger partial charge in [-0.15, -0.1) is 0 Å². The largest absolute Gasteiger partial charge is 0.457 e. The third-order valence-electron chi connectivity index (χ3n) is 4.42. The van der Waals surface area contributed by atoms with Gasteiger partial charge >= 0.3 is 0 Å². The molecule has 0 amide bonds. The topological polar surface area (TPSA) is 29.3 Å². The van der Waals surface area contributed by atoms with Crippen LogP contribution in [0.4, 0.5) is 0 Å². The molecule has 0 atom stereocenters. The average molecular weight is 228 g/mol. The number of fused-ring (bicyclic) bond motifs is 2. The maximum atomic E-state index is 6.05. The summed E-state index contributed by atoms with van der Waals surface area (Å²) in [4.78, 5) is 6.74. The highest BCUT2D eigenvalue weighted by atomic mass is 16.3. The summed E-state index contributed by atoms with van der Waals surface area (Å²) in [6.45, 7) is 2.46. The molecule has 4 rings (SSSR count). The standard InChI is InChI=1S/C14H16N2O/c1-4-14(5-2-8-16(14)7-1)13-9-11-3-6-15-10-12(11)17-13/h3,6,9-10H,1-2,4-5,7-8H2. The van der Waals surface area contributed by atoms with Gasteiger partial charge < -0.3 is 4.42 Å². The van der Waals surface area contributed by atoms with Crippen LogP contribution in [-0.4, -0.2) is 23.0 Å². The van der Waals surface area contributed by atoms with Crippen LogP contribution in [0.2, 0.25) is 0 Å². The van der Waals surface area contributed by atoms with E-state index >= 15 is 0 Å². The summed E-state index contributed by atoms with van der Waals surface area (Å²) >= 11 is 0. The second kappa shape index (κ2) is 3.33. The van der Waals surface area contributed by atoms with Gasteiger partial charge in [0.15, 0.2) is 5.58 Å². The molecule has 2 aliphatic rings. The highest BCUT2D eigenvalue weighted by molar-refractivity contribution is 5.76. The summed E-state index contributed by atoms with van der Waals surface area (Å²) in [5.41, 5.74) is 1.13. The number of rotatable bonds is 1. The maximum absolute atomic E-state index is 6.05. The highest BCUT2D eigenvalue weighted by Gasteiger charge is 2.47. The van der Waals surface area contributed by atoms with Crippen molar-refractivity contribution >= 4 is 11.0 Å². The van der Waals surface area contributed by atoms with Gasteiger partial charge in [0.05, 0.1) is 11.7 Å². The third kappa shape index (κ3) is 1.23. The predicted molar refractivity (Wildman–Crippen MR) is 65.7 cm³/mol. The molecule has 0 bridgehead atoms. The summed E-state index contributed by atoms with van der Waals surface area (Å²) in [5.74, 6) is 1.16. The van der Waals surface area contributed by atoms with Crippen LogP contribution in [0.5, 0.6) is 0 Å². The Morgan fingerprint density at radius 1 is 1.24 bits per heavy atom. The van der Waals surface area contributed by atoms with Crippen molar-refractivity contribution in [2.45, 2.75) is 31.2 Å². The molecular formula is C14H16N2O. The van der Waals surface area contributed by atoms with Gasteiger partial charge in [-0.25, -0.2) is 0 Å². The van der Waals surface area contributed by atoms with Crippen molar-refractivity contribution in [2.75, 3.05) is 13.1 Å². The molecule has 0 aromatic carbocycles. The van der Waals surface area contributed by atoms with E-state index in [1.165, 1.54) is 44.2 Å². The molecule has 4 heterocycles. The molecule has 17 heavy (non-hydrogen) atoms. The predicted octanol–water partition coefficient (Wildman–Crippen LogP) is 2.91. The van der Waals surface area contributed by atoms with Crippen molar-refractivity contribution in [3.8, 4) is 0 Å². The van der Waals surface area contributed by atoms with Crippen molar-refractivity contribution in [1.82, 2.24) is 9.88 Å². The molecule has 0 aliphatic carbocycles. The zero-order valence-corrected chi connectivity index (χ0v) is 9.85. The first kappa shape index (κ1) is 9.66. The molecule has 0 saturated carbocycles. The molecule has 3 nitrogen and oxygen atoms in total. The first-order valence-electron chi connectivity index (χ1n) is 6.48. The molecule has 2 aromatic rings. The summed E-state index contributed by atoms with van der Waals surface area (Å²) in [6.07, 6.45) is 8.76.